The number of aromatic nitrogens is 1. The lowest BCUT2D eigenvalue weighted by Gasteiger charge is -2.06. The minimum Gasteiger partial charge on any atom is -0.480 e. The predicted molar refractivity (Wildman–Crippen MR) is 112 cm³/mol. The monoisotopic (exact) mass is 423 g/mol. The summed E-state index contributed by atoms with van der Waals surface area (Å²) in [6.07, 6.45) is 0. The van der Waals surface area contributed by atoms with Crippen LogP contribution in [0.2, 0.25) is 5.02 Å². The third-order valence-corrected chi connectivity index (χ3v) is 4.46. The molecule has 0 unspecified atom stereocenters. The minimum atomic E-state index is -0.579. The lowest BCUT2D eigenvalue weighted by atomic mass is 10.1. The van der Waals surface area contributed by atoms with E-state index in [0.717, 1.165) is 0 Å². The van der Waals surface area contributed by atoms with Crippen molar-refractivity contribution in [2.45, 2.75) is 6.92 Å². The summed E-state index contributed by atoms with van der Waals surface area (Å²) in [7, 11) is 0. The second-order valence-electron chi connectivity index (χ2n) is 6.13. The van der Waals surface area contributed by atoms with Gasteiger partial charge in [-0.3, -0.25) is 9.59 Å². The first kappa shape index (κ1) is 21.0. The van der Waals surface area contributed by atoms with Gasteiger partial charge in [0.05, 0.1) is 17.1 Å². The van der Waals surface area contributed by atoms with Crippen molar-refractivity contribution < 1.29 is 18.8 Å². The van der Waals surface area contributed by atoms with Gasteiger partial charge in [0, 0.05) is 5.56 Å². The van der Waals surface area contributed by atoms with Crippen LogP contribution < -0.4 is 15.8 Å². The quantitative estimate of drug-likeness (QED) is 0.592. The van der Waals surface area contributed by atoms with Gasteiger partial charge < -0.3 is 20.3 Å². The highest BCUT2D eigenvalue weighted by atomic mass is 35.5. The lowest BCUT2D eigenvalue weighted by Crippen LogP contribution is -2.24. The molecule has 8 heteroatoms. The van der Waals surface area contributed by atoms with Crippen molar-refractivity contribution >= 4 is 23.4 Å². The average molecular weight is 424 g/mol. The number of nitrogens with zero attached hydrogens (tertiary/aromatic N) is 1. The summed E-state index contributed by atoms with van der Waals surface area (Å²) in [6.45, 7) is 1.78. The second kappa shape index (κ2) is 9.63. The molecule has 3 aromatic rings. The molecule has 0 aliphatic heterocycles. The molecule has 30 heavy (non-hydrogen) atoms. The van der Waals surface area contributed by atoms with Crippen molar-refractivity contribution in [2.75, 3.05) is 13.2 Å². The first-order chi connectivity index (χ1) is 14.5. The molecule has 0 spiro atoms. The molecule has 152 valence electrons. The molecule has 0 radical (unpaired) electrons. The fourth-order valence-corrected chi connectivity index (χ4v) is 2.94. The standard InChI is InChI=1S/C22H18ClN3O4/c1-14-19(20(26-30-14)15-8-2-4-10-17(15)23)22(28)25-12-6-7-13-29-18-11-5-3-9-16(18)21(24)27/h2-5,8-11H,12-13H2,1H3,(H2,24,27)(H,25,28). The van der Waals surface area contributed by atoms with E-state index in [1.807, 2.05) is 0 Å². The molecule has 0 aliphatic rings. The molecule has 0 bridgehead atoms. The Morgan fingerprint density at radius 1 is 1.17 bits per heavy atom. The Labute approximate surface area is 178 Å². The molecule has 2 aromatic carbocycles. The molecule has 3 rings (SSSR count). The topological polar surface area (TPSA) is 107 Å². The Kier molecular flexibility index (Phi) is 6.73. The van der Waals surface area contributed by atoms with Gasteiger partial charge in [0.1, 0.15) is 29.4 Å². The van der Waals surface area contributed by atoms with E-state index in [4.69, 9.17) is 26.6 Å². The first-order valence-electron chi connectivity index (χ1n) is 8.95. The van der Waals surface area contributed by atoms with Gasteiger partial charge in [-0.1, -0.05) is 58.9 Å². The average Bonchev–Trinajstić information content (AvgIpc) is 3.12. The van der Waals surface area contributed by atoms with Crippen molar-refractivity contribution in [2.24, 2.45) is 5.73 Å². The molecule has 2 amide bonds. The van der Waals surface area contributed by atoms with E-state index in [0.29, 0.717) is 33.4 Å². The molecule has 0 aliphatic carbocycles. The number of nitrogens with one attached hydrogen (secondary N) is 1. The number of rotatable bonds is 6. The summed E-state index contributed by atoms with van der Waals surface area (Å²) in [5, 5.41) is 7.13. The van der Waals surface area contributed by atoms with E-state index in [2.05, 4.69) is 22.3 Å². The molecule has 0 saturated carbocycles. The number of carbonyl (C=O) groups is 2. The molecule has 0 fully saturated rings. The largest absolute Gasteiger partial charge is 0.480 e. The Hall–Kier alpha value is -3.76. The van der Waals surface area contributed by atoms with Gasteiger partial charge in [-0.25, -0.2) is 0 Å². The number of amides is 2. The molecule has 1 heterocycles. The van der Waals surface area contributed by atoms with Crippen LogP contribution >= 0.6 is 11.6 Å². The van der Waals surface area contributed by atoms with Gasteiger partial charge in [-0.2, -0.15) is 0 Å². The number of carbonyl (C=O) groups excluding carboxylic acids is 2. The van der Waals surface area contributed by atoms with Crippen molar-refractivity contribution in [1.29, 1.82) is 0 Å². The zero-order valence-electron chi connectivity index (χ0n) is 16.1. The molecule has 1 aromatic heterocycles. The van der Waals surface area contributed by atoms with Crippen LogP contribution in [0.3, 0.4) is 0 Å². The maximum atomic E-state index is 12.6. The van der Waals surface area contributed by atoms with E-state index < -0.39 is 5.91 Å². The number of aryl methyl sites for hydroxylation is 1. The van der Waals surface area contributed by atoms with Gasteiger partial charge in [0.15, 0.2) is 0 Å². The summed E-state index contributed by atoms with van der Waals surface area (Å²) >= 11 is 6.21. The van der Waals surface area contributed by atoms with Gasteiger partial charge in [-0.05, 0) is 25.1 Å². The number of hydrogen-bond donors (Lipinski definition) is 2. The summed E-state index contributed by atoms with van der Waals surface area (Å²) < 4.78 is 10.6. The number of benzene rings is 2. The van der Waals surface area contributed by atoms with E-state index in [-0.39, 0.29) is 24.6 Å². The fourth-order valence-electron chi connectivity index (χ4n) is 2.71. The van der Waals surface area contributed by atoms with Gasteiger partial charge in [-0.15, -0.1) is 0 Å². The van der Waals surface area contributed by atoms with E-state index >= 15 is 0 Å². The van der Waals surface area contributed by atoms with Crippen LogP contribution in [0.5, 0.6) is 5.75 Å². The molecular formula is C22H18ClN3O4. The summed E-state index contributed by atoms with van der Waals surface area (Å²) in [6, 6.07) is 13.7. The zero-order chi connectivity index (χ0) is 21.5. The third kappa shape index (κ3) is 4.80. The molecule has 3 N–H and O–H groups in total. The Bertz CT molecular complexity index is 1140. The minimum absolute atomic E-state index is 0.0390. The van der Waals surface area contributed by atoms with E-state index in [1.165, 1.54) is 0 Å². The van der Waals surface area contributed by atoms with Crippen LogP contribution in [0.1, 0.15) is 26.5 Å². The van der Waals surface area contributed by atoms with Crippen molar-refractivity contribution in [1.82, 2.24) is 10.5 Å². The second-order valence-corrected chi connectivity index (χ2v) is 6.53. The van der Waals surface area contributed by atoms with Gasteiger partial charge in [0.25, 0.3) is 11.8 Å². The number of ether oxygens (including phenoxy) is 1. The normalized spacial score (nSPS) is 10.1. The Morgan fingerprint density at radius 3 is 2.67 bits per heavy atom. The maximum Gasteiger partial charge on any atom is 0.257 e. The maximum absolute atomic E-state index is 12.6. The summed E-state index contributed by atoms with van der Waals surface area (Å²) in [5.74, 6) is 5.33. The number of nitrogens with two attached hydrogens (primary N) is 1. The van der Waals surface area contributed by atoms with Crippen LogP contribution in [0, 0.1) is 18.8 Å². The smallest absolute Gasteiger partial charge is 0.257 e. The van der Waals surface area contributed by atoms with E-state index in [9.17, 15) is 9.59 Å². The van der Waals surface area contributed by atoms with Crippen LogP contribution in [-0.4, -0.2) is 30.1 Å². The number of hydrogen-bond acceptors (Lipinski definition) is 5. The fraction of sp³-hybridized carbons (Fsp3) is 0.136. The van der Waals surface area contributed by atoms with Gasteiger partial charge in [0.2, 0.25) is 0 Å². The molecular weight excluding hydrogens is 406 g/mol. The summed E-state index contributed by atoms with van der Waals surface area (Å²) in [4.78, 5) is 24.0. The predicted octanol–water partition coefficient (Wildman–Crippen LogP) is 3.21. The van der Waals surface area contributed by atoms with Crippen molar-refractivity contribution in [3.63, 3.8) is 0 Å². The van der Waals surface area contributed by atoms with Crippen LogP contribution in [0.4, 0.5) is 0 Å². The summed E-state index contributed by atoms with van der Waals surface area (Å²) in [5.41, 5.74) is 6.86. The SMILES string of the molecule is Cc1onc(-c2ccccc2Cl)c1C(=O)NCC#CCOc1ccccc1C(N)=O. The van der Waals surface area contributed by atoms with Crippen LogP contribution in [-0.2, 0) is 0 Å². The van der Waals surface area contributed by atoms with Crippen LogP contribution in [0.25, 0.3) is 11.3 Å². The highest BCUT2D eigenvalue weighted by Gasteiger charge is 2.22. The first-order valence-corrected chi connectivity index (χ1v) is 9.33. The molecule has 7 nitrogen and oxygen atoms in total. The van der Waals surface area contributed by atoms with E-state index in [1.54, 1.807) is 55.5 Å². The van der Waals surface area contributed by atoms with Gasteiger partial charge >= 0.3 is 0 Å². The molecule has 0 saturated heterocycles. The highest BCUT2D eigenvalue weighted by molar-refractivity contribution is 6.33. The Balaban J connectivity index is 1.60. The zero-order valence-corrected chi connectivity index (χ0v) is 16.8. The number of halogens is 1. The highest BCUT2D eigenvalue weighted by Crippen LogP contribution is 2.30. The van der Waals surface area contributed by atoms with Crippen molar-refractivity contribution in [3.8, 4) is 28.8 Å². The third-order valence-electron chi connectivity index (χ3n) is 4.13. The van der Waals surface area contributed by atoms with Crippen LogP contribution in [0.15, 0.2) is 53.1 Å². The number of primary amides is 1. The van der Waals surface area contributed by atoms with Crippen molar-refractivity contribution in [3.05, 3.63) is 70.4 Å². The lowest BCUT2D eigenvalue weighted by molar-refractivity contribution is 0.0956. The molecule has 0 atom stereocenters. The Morgan fingerprint density at radius 2 is 1.90 bits per heavy atom. The number of para-hydroxylation sites is 1.